The van der Waals surface area contributed by atoms with Crippen molar-refractivity contribution in [1.82, 2.24) is 10.2 Å². The van der Waals surface area contributed by atoms with Gasteiger partial charge in [0.05, 0.1) is 0 Å². The van der Waals surface area contributed by atoms with E-state index >= 15 is 0 Å². The van der Waals surface area contributed by atoms with E-state index in [1.807, 2.05) is 0 Å². The van der Waals surface area contributed by atoms with Crippen LogP contribution in [-0.4, -0.2) is 36.1 Å². The van der Waals surface area contributed by atoms with Crippen molar-refractivity contribution in [1.29, 1.82) is 0 Å². The van der Waals surface area contributed by atoms with E-state index in [2.05, 4.69) is 24.1 Å². The van der Waals surface area contributed by atoms with Crippen molar-refractivity contribution in [3.8, 4) is 0 Å². The third-order valence-electron chi connectivity index (χ3n) is 6.58. The maximum Gasteiger partial charge on any atom is 0.0221 e. The van der Waals surface area contributed by atoms with Gasteiger partial charge in [-0.3, -0.25) is 4.90 Å². The predicted octanol–water partition coefficient (Wildman–Crippen LogP) is 2.49. The molecule has 2 nitrogen and oxygen atoms in total. The monoisotopic (exact) mass is 248 g/mol. The molecule has 4 fully saturated rings. The highest BCUT2D eigenvalue weighted by molar-refractivity contribution is 5.18. The molecule has 0 spiro atoms. The van der Waals surface area contributed by atoms with Crippen molar-refractivity contribution in [3.05, 3.63) is 0 Å². The number of nitrogens with one attached hydrogen (secondary N) is 1. The van der Waals surface area contributed by atoms with E-state index in [4.69, 9.17) is 0 Å². The summed E-state index contributed by atoms with van der Waals surface area (Å²) in [5, 5.41) is 3.74. The minimum absolute atomic E-state index is 0.756. The second kappa shape index (κ2) is 4.21. The minimum Gasteiger partial charge on any atom is -0.311 e. The molecule has 4 rings (SSSR count). The van der Waals surface area contributed by atoms with Crippen LogP contribution >= 0.6 is 0 Å². The summed E-state index contributed by atoms with van der Waals surface area (Å²) in [6.07, 6.45) is 7.33. The molecule has 1 saturated heterocycles. The molecular formula is C16H28N2. The Morgan fingerprint density at radius 2 is 1.78 bits per heavy atom. The molecule has 0 aromatic heterocycles. The molecule has 4 aliphatic rings. The average Bonchev–Trinajstić information content (AvgIpc) is 2.85. The SMILES string of the molecule is CCC1CN(C2C3C4CCC(C4)C32)C(CC)CN1. The number of fused-ring (bicyclic) bond motifs is 5. The molecule has 1 N–H and O–H groups in total. The Kier molecular flexibility index (Phi) is 2.74. The Balaban J connectivity index is 1.49. The molecule has 0 aromatic carbocycles. The summed E-state index contributed by atoms with van der Waals surface area (Å²) in [6.45, 7) is 7.27. The van der Waals surface area contributed by atoms with Crippen molar-refractivity contribution >= 4 is 0 Å². The van der Waals surface area contributed by atoms with Gasteiger partial charge in [0, 0.05) is 31.2 Å². The van der Waals surface area contributed by atoms with Crippen LogP contribution in [0.15, 0.2) is 0 Å². The van der Waals surface area contributed by atoms with E-state index in [0.29, 0.717) is 0 Å². The van der Waals surface area contributed by atoms with Gasteiger partial charge in [-0.05, 0) is 55.8 Å². The van der Waals surface area contributed by atoms with Gasteiger partial charge in [0.1, 0.15) is 0 Å². The second-order valence-electron chi connectivity index (χ2n) is 7.25. The lowest BCUT2D eigenvalue weighted by molar-refractivity contribution is 0.0966. The minimum atomic E-state index is 0.756. The molecule has 0 radical (unpaired) electrons. The Hall–Kier alpha value is -0.0800. The van der Waals surface area contributed by atoms with Crippen LogP contribution in [0.25, 0.3) is 0 Å². The number of piperazine rings is 1. The van der Waals surface area contributed by atoms with Crippen molar-refractivity contribution in [2.24, 2.45) is 23.7 Å². The first-order chi connectivity index (χ1) is 8.83. The lowest BCUT2D eigenvalue weighted by Gasteiger charge is -2.41. The summed E-state index contributed by atoms with van der Waals surface area (Å²) in [7, 11) is 0. The zero-order valence-electron chi connectivity index (χ0n) is 11.9. The largest absolute Gasteiger partial charge is 0.311 e. The lowest BCUT2D eigenvalue weighted by Crippen LogP contribution is -2.57. The van der Waals surface area contributed by atoms with Crippen LogP contribution in [-0.2, 0) is 0 Å². The van der Waals surface area contributed by atoms with E-state index in [-0.39, 0.29) is 0 Å². The van der Waals surface area contributed by atoms with Crippen LogP contribution in [0, 0.1) is 23.7 Å². The van der Waals surface area contributed by atoms with E-state index in [1.54, 1.807) is 19.3 Å². The fraction of sp³-hybridized carbons (Fsp3) is 1.00. The van der Waals surface area contributed by atoms with Gasteiger partial charge in [-0.15, -0.1) is 0 Å². The third kappa shape index (κ3) is 1.54. The van der Waals surface area contributed by atoms with Crippen LogP contribution in [0.1, 0.15) is 46.0 Å². The summed E-state index contributed by atoms with van der Waals surface area (Å²) in [4.78, 5) is 2.94. The molecule has 6 atom stereocenters. The van der Waals surface area contributed by atoms with Crippen LogP contribution in [0.4, 0.5) is 0 Å². The number of hydrogen-bond acceptors (Lipinski definition) is 2. The fourth-order valence-electron chi connectivity index (χ4n) is 5.63. The summed E-state index contributed by atoms with van der Waals surface area (Å²) < 4.78 is 0. The zero-order chi connectivity index (χ0) is 12.3. The fourth-order valence-corrected chi connectivity index (χ4v) is 5.63. The summed E-state index contributed by atoms with van der Waals surface area (Å²) in [5.41, 5.74) is 0. The molecule has 6 unspecified atom stereocenters. The Bertz CT molecular complexity index is 313. The molecule has 0 amide bonds. The molecule has 3 saturated carbocycles. The van der Waals surface area contributed by atoms with E-state index in [1.165, 1.54) is 25.9 Å². The van der Waals surface area contributed by atoms with Gasteiger partial charge in [0.15, 0.2) is 0 Å². The molecule has 18 heavy (non-hydrogen) atoms. The standard InChI is InChI=1S/C16H28N2/c1-3-12-9-18(13(4-2)8-17-12)16-14-10-5-6-11(7-10)15(14)16/h10-17H,3-9H2,1-2H3. The predicted molar refractivity (Wildman–Crippen MR) is 74.5 cm³/mol. The van der Waals surface area contributed by atoms with Crippen LogP contribution in [0.2, 0.25) is 0 Å². The lowest BCUT2D eigenvalue weighted by atomic mass is 10.0. The van der Waals surface area contributed by atoms with E-state index in [0.717, 1.165) is 41.8 Å². The molecule has 0 aromatic rings. The number of nitrogens with zero attached hydrogens (tertiary/aromatic N) is 1. The van der Waals surface area contributed by atoms with Crippen molar-refractivity contribution in [3.63, 3.8) is 0 Å². The Morgan fingerprint density at radius 3 is 2.39 bits per heavy atom. The molecule has 1 aliphatic heterocycles. The van der Waals surface area contributed by atoms with Gasteiger partial charge >= 0.3 is 0 Å². The second-order valence-corrected chi connectivity index (χ2v) is 7.25. The summed E-state index contributed by atoms with van der Waals surface area (Å²) in [6, 6.07) is 2.58. The number of rotatable bonds is 3. The first kappa shape index (κ1) is 11.7. The maximum atomic E-state index is 3.74. The van der Waals surface area contributed by atoms with Crippen molar-refractivity contribution in [2.45, 2.75) is 64.1 Å². The average molecular weight is 248 g/mol. The topological polar surface area (TPSA) is 15.3 Å². The van der Waals surface area contributed by atoms with Crippen LogP contribution in [0.3, 0.4) is 0 Å². The van der Waals surface area contributed by atoms with Crippen molar-refractivity contribution < 1.29 is 0 Å². The third-order valence-corrected chi connectivity index (χ3v) is 6.58. The van der Waals surface area contributed by atoms with Crippen LogP contribution < -0.4 is 5.32 Å². The van der Waals surface area contributed by atoms with Gasteiger partial charge in [-0.1, -0.05) is 13.8 Å². The quantitative estimate of drug-likeness (QED) is 0.825. The summed E-state index contributed by atoms with van der Waals surface area (Å²) in [5.74, 6) is 4.48. The first-order valence-electron chi connectivity index (χ1n) is 8.32. The molecule has 1 heterocycles. The van der Waals surface area contributed by atoms with Gasteiger partial charge in [-0.2, -0.15) is 0 Å². The first-order valence-corrected chi connectivity index (χ1v) is 8.32. The van der Waals surface area contributed by atoms with Gasteiger partial charge in [0.2, 0.25) is 0 Å². The molecule has 2 heteroatoms. The normalized spacial score (nSPS) is 54.7. The zero-order valence-corrected chi connectivity index (χ0v) is 11.9. The summed E-state index contributed by atoms with van der Waals surface area (Å²) >= 11 is 0. The molecule has 2 bridgehead atoms. The van der Waals surface area contributed by atoms with Crippen LogP contribution in [0.5, 0.6) is 0 Å². The highest BCUT2D eigenvalue weighted by Gasteiger charge is 2.67. The number of hydrogen-bond donors (Lipinski definition) is 1. The van der Waals surface area contributed by atoms with E-state index in [9.17, 15) is 0 Å². The highest BCUT2D eigenvalue weighted by atomic mass is 15.3. The Morgan fingerprint density at radius 1 is 1.06 bits per heavy atom. The smallest absolute Gasteiger partial charge is 0.0221 e. The molecule has 3 aliphatic carbocycles. The van der Waals surface area contributed by atoms with Crippen molar-refractivity contribution in [2.75, 3.05) is 13.1 Å². The van der Waals surface area contributed by atoms with Gasteiger partial charge in [-0.25, -0.2) is 0 Å². The molecule has 102 valence electrons. The molecular weight excluding hydrogens is 220 g/mol. The Labute approximate surface area is 111 Å². The van der Waals surface area contributed by atoms with Gasteiger partial charge < -0.3 is 5.32 Å². The van der Waals surface area contributed by atoms with E-state index < -0.39 is 0 Å². The maximum absolute atomic E-state index is 3.74. The highest BCUT2D eigenvalue weighted by Crippen LogP contribution is 2.67. The van der Waals surface area contributed by atoms with Gasteiger partial charge in [0.25, 0.3) is 0 Å².